The number of thioether (sulfide) groups is 1. The van der Waals surface area contributed by atoms with E-state index in [2.05, 4.69) is 60.6 Å². The topological polar surface area (TPSA) is 17.1 Å². The van der Waals surface area contributed by atoms with Crippen molar-refractivity contribution in [2.24, 2.45) is 0 Å². The van der Waals surface area contributed by atoms with Gasteiger partial charge in [0.15, 0.2) is 0 Å². The van der Waals surface area contributed by atoms with Gasteiger partial charge in [0.1, 0.15) is 0 Å². The minimum absolute atomic E-state index is 0.250. The summed E-state index contributed by atoms with van der Waals surface area (Å²) in [7, 11) is 0. The summed E-state index contributed by atoms with van der Waals surface area (Å²) in [4.78, 5) is 12.7. The van der Waals surface area contributed by atoms with Gasteiger partial charge in [-0.3, -0.25) is 4.79 Å². The molecule has 0 aliphatic heterocycles. The SMILES string of the molecule is CCCSC(=O)c1c(C(C)C)cc(C(C)C)cc1C(C)C. The first-order valence-electron chi connectivity index (χ1n) is 8.14. The molecule has 0 saturated carbocycles. The van der Waals surface area contributed by atoms with Gasteiger partial charge in [-0.25, -0.2) is 0 Å². The largest absolute Gasteiger partial charge is 0.282 e. The zero-order valence-corrected chi connectivity index (χ0v) is 15.4. The van der Waals surface area contributed by atoms with E-state index in [-0.39, 0.29) is 5.12 Å². The monoisotopic (exact) mass is 306 g/mol. The molecule has 0 unspecified atom stereocenters. The molecule has 118 valence electrons. The summed E-state index contributed by atoms with van der Waals surface area (Å²) in [5.74, 6) is 2.15. The molecule has 21 heavy (non-hydrogen) atoms. The van der Waals surface area contributed by atoms with Crippen molar-refractivity contribution in [3.05, 3.63) is 34.4 Å². The fourth-order valence-electron chi connectivity index (χ4n) is 2.46. The molecule has 0 heterocycles. The summed E-state index contributed by atoms with van der Waals surface area (Å²) in [5.41, 5.74) is 4.76. The van der Waals surface area contributed by atoms with Crippen molar-refractivity contribution in [2.75, 3.05) is 5.75 Å². The van der Waals surface area contributed by atoms with Crippen LogP contribution in [0.2, 0.25) is 0 Å². The third-order valence-electron chi connectivity index (χ3n) is 3.77. The van der Waals surface area contributed by atoms with Gasteiger partial charge >= 0.3 is 0 Å². The van der Waals surface area contributed by atoms with Crippen LogP contribution < -0.4 is 0 Å². The number of hydrogen-bond donors (Lipinski definition) is 0. The Morgan fingerprint density at radius 2 is 1.43 bits per heavy atom. The van der Waals surface area contributed by atoms with E-state index in [1.54, 1.807) is 0 Å². The number of carbonyl (C=O) groups excluding carboxylic acids is 1. The normalized spacial score (nSPS) is 11.7. The highest BCUT2D eigenvalue weighted by Gasteiger charge is 2.22. The maximum absolute atomic E-state index is 12.7. The summed E-state index contributed by atoms with van der Waals surface area (Å²) >= 11 is 1.47. The van der Waals surface area contributed by atoms with Gasteiger partial charge in [-0.05, 0) is 40.9 Å². The summed E-state index contributed by atoms with van der Waals surface area (Å²) in [6.07, 6.45) is 1.04. The van der Waals surface area contributed by atoms with Gasteiger partial charge in [0.25, 0.3) is 0 Å². The van der Waals surface area contributed by atoms with Crippen LogP contribution >= 0.6 is 11.8 Å². The van der Waals surface area contributed by atoms with E-state index in [0.29, 0.717) is 17.8 Å². The van der Waals surface area contributed by atoms with Crippen LogP contribution in [0.1, 0.15) is 99.7 Å². The second kappa shape index (κ2) is 8.03. The quantitative estimate of drug-likeness (QED) is 0.610. The average Bonchev–Trinajstić information content (AvgIpc) is 2.42. The maximum atomic E-state index is 12.7. The summed E-state index contributed by atoms with van der Waals surface area (Å²) in [5, 5.41) is 0.250. The highest BCUT2D eigenvalue weighted by Crippen LogP contribution is 2.34. The average molecular weight is 307 g/mol. The fourth-order valence-corrected chi connectivity index (χ4v) is 3.23. The Morgan fingerprint density at radius 1 is 0.952 bits per heavy atom. The molecule has 0 atom stereocenters. The van der Waals surface area contributed by atoms with E-state index < -0.39 is 0 Å². The van der Waals surface area contributed by atoms with Crippen molar-refractivity contribution >= 4 is 16.9 Å². The van der Waals surface area contributed by atoms with Gasteiger partial charge in [-0.2, -0.15) is 0 Å². The van der Waals surface area contributed by atoms with E-state index in [0.717, 1.165) is 17.7 Å². The molecule has 0 bridgehead atoms. The molecule has 0 amide bonds. The number of hydrogen-bond acceptors (Lipinski definition) is 2. The lowest BCUT2D eigenvalue weighted by molar-refractivity contribution is 0.108. The molecule has 0 saturated heterocycles. The van der Waals surface area contributed by atoms with Crippen molar-refractivity contribution in [3.8, 4) is 0 Å². The van der Waals surface area contributed by atoms with Crippen LogP contribution in [0, 0.1) is 0 Å². The molecular formula is C19H30OS. The second-order valence-electron chi connectivity index (χ2n) is 6.67. The molecule has 1 nitrogen and oxygen atoms in total. The lowest BCUT2D eigenvalue weighted by atomic mass is 9.85. The third kappa shape index (κ3) is 4.60. The maximum Gasteiger partial charge on any atom is 0.219 e. The Kier molecular flexibility index (Phi) is 6.99. The third-order valence-corrected chi connectivity index (χ3v) is 4.85. The Labute approximate surface area is 134 Å². The van der Waals surface area contributed by atoms with Gasteiger partial charge in [0.05, 0.1) is 0 Å². The van der Waals surface area contributed by atoms with Crippen LogP contribution in [0.5, 0.6) is 0 Å². The molecule has 0 fully saturated rings. The molecule has 2 heteroatoms. The van der Waals surface area contributed by atoms with E-state index in [1.165, 1.54) is 28.5 Å². The van der Waals surface area contributed by atoms with Gasteiger partial charge < -0.3 is 0 Å². The van der Waals surface area contributed by atoms with E-state index in [9.17, 15) is 4.79 Å². The zero-order valence-electron chi connectivity index (χ0n) is 14.6. The van der Waals surface area contributed by atoms with Crippen LogP contribution in [-0.4, -0.2) is 10.9 Å². The van der Waals surface area contributed by atoms with Crippen molar-refractivity contribution < 1.29 is 4.79 Å². The van der Waals surface area contributed by atoms with Crippen LogP contribution in [-0.2, 0) is 0 Å². The van der Waals surface area contributed by atoms with Crippen molar-refractivity contribution in [3.63, 3.8) is 0 Å². The van der Waals surface area contributed by atoms with Crippen LogP contribution in [0.4, 0.5) is 0 Å². The fraction of sp³-hybridized carbons (Fsp3) is 0.632. The molecule has 0 aromatic heterocycles. The molecular weight excluding hydrogens is 276 g/mol. The van der Waals surface area contributed by atoms with Gasteiger partial charge in [0.2, 0.25) is 5.12 Å². The standard InChI is InChI=1S/C19H30OS/c1-8-9-21-19(20)18-16(13(4)5)10-15(12(2)3)11-17(18)14(6)7/h10-14H,8-9H2,1-7H3. The lowest BCUT2D eigenvalue weighted by Gasteiger charge is -2.21. The smallest absolute Gasteiger partial charge is 0.219 e. The van der Waals surface area contributed by atoms with E-state index in [1.807, 2.05) is 0 Å². The molecule has 1 aromatic rings. The Bertz CT molecular complexity index is 457. The van der Waals surface area contributed by atoms with Crippen LogP contribution in [0.25, 0.3) is 0 Å². The molecule has 0 aliphatic rings. The van der Waals surface area contributed by atoms with Crippen molar-refractivity contribution in [1.82, 2.24) is 0 Å². The lowest BCUT2D eigenvalue weighted by Crippen LogP contribution is -2.10. The molecule has 0 radical (unpaired) electrons. The number of carbonyl (C=O) groups is 1. The predicted molar refractivity (Wildman–Crippen MR) is 95.8 cm³/mol. The molecule has 0 aliphatic carbocycles. The minimum atomic E-state index is 0.250. The minimum Gasteiger partial charge on any atom is -0.282 e. The highest BCUT2D eigenvalue weighted by molar-refractivity contribution is 8.14. The van der Waals surface area contributed by atoms with Gasteiger partial charge in [0, 0.05) is 11.3 Å². The molecule has 1 rings (SSSR count). The Hall–Kier alpha value is -0.760. The Morgan fingerprint density at radius 3 is 1.76 bits per heavy atom. The Balaban J connectivity index is 3.46. The van der Waals surface area contributed by atoms with Crippen molar-refractivity contribution in [2.45, 2.75) is 72.6 Å². The van der Waals surface area contributed by atoms with Crippen molar-refractivity contribution in [1.29, 1.82) is 0 Å². The van der Waals surface area contributed by atoms with Crippen LogP contribution in [0.15, 0.2) is 12.1 Å². The summed E-state index contributed by atoms with van der Waals surface area (Å²) in [6.45, 7) is 15.3. The number of rotatable bonds is 6. The predicted octanol–water partition coefficient (Wildman–Crippen LogP) is 6.34. The summed E-state index contributed by atoms with van der Waals surface area (Å²) in [6, 6.07) is 4.50. The first-order chi connectivity index (χ1) is 9.79. The molecule has 0 spiro atoms. The van der Waals surface area contributed by atoms with Gasteiger partial charge in [-0.1, -0.05) is 72.4 Å². The van der Waals surface area contributed by atoms with E-state index in [4.69, 9.17) is 0 Å². The summed E-state index contributed by atoms with van der Waals surface area (Å²) < 4.78 is 0. The first-order valence-corrected chi connectivity index (χ1v) is 9.12. The van der Waals surface area contributed by atoms with E-state index >= 15 is 0 Å². The van der Waals surface area contributed by atoms with Crippen LogP contribution in [0.3, 0.4) is 0 Å². The van der Waals surface area contributed by atoms with Gasteiger partial charge in [-0.15, -0.1) is 0 Å². The highest BCUT2D eigenvalue weighted by atomic mass is 32.2. The first kappa shape index (κ1) is 18.3. The number of benzene rings is 1. The second-order valence-corrected chi connectivity index (χ2v) is 7.74. The molecule has 1 aromatic carbocycles. The zero-order chi connectivity index (χ0) is 16.2. The molecule has 0 N–H and O–H groups in total.